The number of nitrogens with one attached hydrogen (secondary N) is 1. The summed E-state index contributed by atoms with van der Waals surface area (Å²) < 4.78 is 0. The highest BCUT2D eigenvalue weighted by Gasteiger charge is 2.42. The number of benzene rings is 1. The molecule has 6 nitrogen and oxygen atoms in total. The van der Waals surface area contributed by atoms with Crippen molar-refractivity contribution < 1.29 is 14.4 Å². The quantitative estimate of drug-likeness (QED) is 0.800. The van der Waals surface area contributed by atoms with E-state index in [0.29, 0.717) is 30.8 Å². The molecule has 0 spiro atoms. The molecule has 2 saturated heterocycles. The van der Waals surface area contributed by atoms with E-state index in [-0.39, 0.29) is 23.8 Å². The van der Waals surface area contributed by atoms with Gasteiger partial charge in [-0.1, -0.05) is 36.4 Å². The topological polar surface area (TPSA) is 69.7 Å². The van der Waals surface area contributed by atoms with Gasteiger partial charge in [0.05, 0.1) is 10.9 Å². The van der Waals surface area contributed by atoms with Crippen LogP contribution in [0.15, 0.2) is 47.8 Å². The fourth-order valence-corrected chi connectivity index (χ4v) is 5.12. The number of rotatable bonds is 5. The molecule has 7 heteroatoms. The molecular weight excluding hydrogens is 398 g/mol. The zero-order valence-corrected chi connectivity index (χ0v) is 17.9. The molecule has 0 saturated carbocycles. The van der Waals surface area contributed by atoms with Gasteiger partial charge in [-0.3, -0.25) is 14.4 Å². The Kier molecular flexibility index (Phi) is 6.18. The maximum Gasteiger partial charge on any atom is 0.264 e. The van der Waals surface area contributed by atoms with Crippen LogP contribution in [0, 0.1) is 0 Å². The summed E-state index contributed by atoms with van der Waals surface area (Å²) in [6, 6.07) is 12.4. The summed E-state index contributed by atoms with van der Waals surface area (Å²) >= 11 is 1.39. The molecule has 2 fully saturated rings. The van der Waals surface area contributed by atoms with E-state index in [9.17, 15) is 14.4 Å². The predicted molar refractivity (Wildman–Crippen MR) is 116 cm³/mol. The van der Waals surface area contributed by atoms with Crippen molar-refractivity contribution in [3.05, 3.63) is 58.3 Å². The second-order valence-corrected chi connectivity index (χ2v) is 8.91. The van der Waals surface area contributed by atoms with Crippen molar-refractivity contribution in [1.82, 2.24) is 15.1 Å². The lowest BCUT2D eigenvalue weighted by molar-refractivity contribution is -0.141. The Morgan fingerprint density at radius 2 is 1.67 bits per heavy atom. The molecule has 1 N–H and O–H groups in total. The van der Waals surface area contributed by atoms with Crippen LogP contribution in [-0.4, -0.2) is 52.7 Å². The van der Waals surface area contributed by atoms with Gasteiger partial charge in [0.25, 0.3) is 5.91 Å². The Bertz CT molecular complexity index is 900. The number of nitrogens with zero attached hydrogens (tertiary/aromatic N) is 2. The Morgan fingerprint density at radius 1 is 0.967 bits per heavy atom. The first-order valence-corrected chi connectivity index (χ1v) is 11.4. The zero-order chi connectivity index (χ0) is 21.1. The standard InChI is InChI=1S/C23H27N3O3S/c1-16(17-8-3-2-4-9-17)24-21(27)18-10-5-13-25(18)22(28)19-11-6-14-26(19)23(29)20-12-7-15-30-20/h2-4,7-9,12,15-16,18-19H,5-6,10-11,13-14H2,1H3,(H,24,27)/t16-,18+,19+/m1/s1. The van der Waals surface area contributed by atoms with Crippen molar-refractivity contribution in [3.8, 4) is 0 Å². The van der Waals surface area contributed by atoms with E-state index in [2.05, 4.69) is 5.32 Å². The van der Waals surface area contributed by atoms with Gasteiger partial charge in [-0.25, -0.2) is 0 Å². The van der Waals surface area contributed by atoms with Crippen molar-refractivity contribution >= 4 is 29.1 Å². The molecule has 0 radical (unpaired) electrons. The monoisotopic (exact) mass is 425 g/mol. The average Bonchev–Trinajstić information content (AvgIpc) is 3.54. The van der Waals surface area contributed by atoms with Gasteiger partial charge >= 0.3 is 0 Å². The first kappa shape index (κ1) is 20.6. The minimum atomic E-state index is -0.473. The van der Waals surface area contributed by atoms with Crippen molar-refractivity contribution in [2.24, 2.45) is 0 Å². The first-order valence-electron chi connectivity index (χ1n) is 10.6. The van der Waals surface area contributed by atoms with Crippen LogP contribution in [0.3, 0.4) is 0 Å². The van der Waals surface area contributed by atoms with E-state index in [1.807, 2.05) is 48.7 Å². The van der Waals surface area contributed by atoms with Crippen molar-refractivity contribution in [1.29, 1.82) is 0 Å². The third-order valence-corrected chi connectivity index (χ3v) is 6.89. The molecule has 30 heavy (non-hydrogen) atoms. The zero-order valence-electron chi connectivity index (χ0n) is 17.1. The minimum absolute atomic E-state index is 0.0845. The normalized spacial score (nSPS) is 22.2. The van der Waals surface area contributed by atoms with Gasteiger partial charge in [0.1, 0.15) is 12.1 Å². The maximum atomic E-state index is 13.4. The van der Waals surface area contributed by atoms with Gasteiger partial charge in [-0.05, 0) is 49.6 Å². The molecule has 3 heterocycles. The summed E-state index contributed by atoms with van der Waals surface area (Å²) in [7, 11) is 0. The summed E-state index contributed by atoms with van der Waals surface area (Å²) in [5.41, 5.74) is 1.03. The van der Waals surface area contributed by atoms with Crippen molar-refractivity contribution in [2.45, 2.75) is 50.7 Å². The number of carbonyl (C=O) groups excluding carboxylic acids is 3. The molecule has 158 valence electrons. The molecule has 2 aliphatic heterocycles. The van der Waals surface area contributed by atoms with Crippen LogP contribution in [0.5, 0.6) is 0 Å². The lowest BCUT2D eigenvalue weighted by Gasteiger charge is -2.31. The van der Waals surface area contributed by atoms with E-state index in [1.165, 1.54) is 11.3 Å². The van der Waals surface area contributed by atoms with Crippen LogP contribution < -0.4 is 5.32 Å². The first-order chi connectivity index (χ1) is 14.6. The fraction of sp³-hybridized carbons (Fsp3) is 0.435. The third-order valence-electron chi connectivity index (χ3n) is 6.03. The van der Waals surface area contributed by atoms with Crippen LogP contribution in [0.2, 0.25) is 0 Å². The number of likely N-dealkylation sites (tertiary alicyclic amines) is 2. The summed E-state index contributed by atoms with van der Waals surface area (Å²) in [4.78, 5) is 43.2. The molecule has 0 aliphatic carbocycles. The molecular formula is C23H27N3O3S. The third kappa shape index (κ3) is 4.12. The predicted octanol–water partition coefficient (Wildman–Crippen LogP) is 3.22. The molecule has 4 rings (SSSR count). The molecule has 2 aliphatic rings. The molecule has 0 bridgehead atoms. The number of thiophene rings is 1. The Hall–Kier alpha value is -2.67. The van der Waals surface area contributed by atoms with E-state index in [1.54, 1.807) is 15.9 Å². The molecule has 2 aromatic rings. The van der Waals surface area contributed by atoms with Crippen molar-refractivity contribution in [3.63, 3.8) is 0 Å². The highest BCUT2D eigenvalue weighted by atomic mass is 32.1. The number of amides is 3. The summed E-state index contributed by atoms with van der Waals surface area (Å²) in [5, 5.41) is 4.93. The molecule has 3 atom stereocenters. The van der Waals surface area contributed by atoms with Crippen LogP contribution >= 0.6 is 11.3 Å². The average molecular weight is 426 g/mol. The number of hydrogen-bond acceptors (Lipinski definition) is 4. The second kappa shape index (κ2) is 9.00. The van der Waals surface area contributed by atoms with Gasteiger partial charge in [0, 0.05) is 13.1 Å². The highest BCUT2D eigenvalue weighted by molar-refractivity contribution is 7.12. The van der Waals surface area contributed by atoms with E-state index >= 15 is 0 Å². The van der Waals surface area contributed by atoms with Gasteiger partial charge in [0.15, 0.2) is 0 Å². The summed E-state index contributed by atoms with van der Waals surface area (Å²) in [6.45, 7) is 3.10. The van der Waals surface area contributed by atoms with Gasteiger partial charge in [-0.15, -0.1) is 11.3 Å². The SMILES string of the molecule is C[C@@H](NC(=O)[C@@H]1CCCN1C(=O)[C@@H]1CCCN1C(=O)c1cccs1)c1ccccc1. The van der Waals surface area contributed by atoms with E-state index in [0.717, 1.165) is 18.4 Å². The van der Waals surface area contributed by atoms with Gasteiger partial charge in [0.2, 0.25) is 11.8 Å². The molecule has 1 aromatic heterocycles. The summed E-state index contributed by atoms with van der Waals surface area (Å²) in [5.74, 6) is -0.299. The van der Waals surface area contributed by atoms with Crippen LogP contribution in [0.1, 0.15) is 53.9 Å². The van der Waals surface area contributed by atoms with Gasteiger partial charge < -0.3 is 15.1 Å². The van der Waals surface area contributed by atoms with Gasteiger partial charge in [-0.2, -0.15) is 0 Å². The number of carbonyl (C=O) groups is 3. The van der Waals surface area contributed by atoms with Crippen molar-refractivity contribution in [2.75, 3.05) is 13.1 Å². The van der Waals surface area contributed by atoms with Crippen LogP contribution in [0.25, 0.3) is 0 Å². The van der Waals surface area contributed by atoms with E-state index < -0.39 is 12.1 Å². The Balaban J connectivity index is 1.44. The highest BCUT2D eigenvalue weighted by Crippen LogP contribution is 2.27. The van der Waals surface area contributed by atoms with E-state index in [4.69, 9.17) is 0 Å². The smallest absolute Gasteiger partial charge is 0.264 e. The second-order valence-electron chi connectivity index (χ2n) is 7.96. The van der Waals surface area contributed by atoms with Crippen LogP contribution in [-0.2, 0) is 9.59 Å². The maximum absolute atomic E-state index is 13.4. The molecule has 0 unspecified atom stereocenters. The lowest BCUT2D eigenvalue weighted by Crippen LogP contribution is -2.53. The fourth-order valence-electron chi connectivity index (χ4n) is 4.44. The molecule has 3 amide bonds. The summed E-state index contributed by atoms with van der Waals surface area (Å²) in [6.07, 6.45) is 2.92. The molecule has 1 aromatic carbocycles. The number of hydrogen-bond donors (Lipinski definition) is 1. The minimum Gasteiger partial charge on any atom is -0.348 e. The lowest BCUT2D eigenvalue weighted by atomic mass is 10.1. The Labute approximate surface area is 180 Å². The Morgan fingerprint density at radius 3 is 2.37 bits per heavy atom. The van der Waals surface area contributed by atoms with Crippen LogP contribution in [0.4, 0.5) is 0 Å². The largest absolute Gasteiger partial charge is 0.348 e.